The second-order valence-electron chi connectivity index (χ2n) is 5.63. The zero-order valence-corrected chi connectivity index (χ0v) is 13.2. The van der Waals surface area contributed by atoms with Gasteiger partial charge in [-0.2, -0.15) is 0 Å². The molecule has 0 amide bonds. The lowest BCUT2D eigenvalue weighted by molar-refractivity contribution is 0.0475. The van der Waals surface area contributed by atoms with Crippen molar-refractivity contribution in [2.24, 2.45) is 0 Å². The minimum absolute atomic E-state index is 0.143. The van der Waals surface area contributed by atoms with Gasteiger partial charge >= 0.3 is 5.97 Å². The summed E-state index contributed by atoms with van der Waals surface area (Å²) in [6.45, 7) is -0.185. The molecule has 0 saturated carbocycles. The summed E-state index contributed by atoms with van der Waals surface area (Å²) in [4.78, 5) is 24.4. The summed E-state index contributed by atoms with van der Waals surface area (Å²) in [7, 11) is 0. The van der Waals surface area contributed by atoms with E-state index in [2.05, 4.69) is 0 Å². The Hall–Kier alpha value is -3.34. The molecule has 25 heavy (non-hydrogen) atoms. The molecule has 0 N–H and O–H groups in total. The highest BCUT2D eigenvalue weighted by molar-refractivity contribution is 6.00. The van der Waals surface area contributed by atoms with Gasteiger partial charge in [-0.05, 0) is 41.1 Å². The number of Topliss-reactive ketones (excluding diaryl/α,β-unsaturated/α-hetero) is 1. The Labute approximate surface area is 143 Å². The van der Waals surface area contributed by atoms with Crippen LogP contribution < -0.4 is 9.47 Å². The third-order valence-electron chi connectivity index (χ3n) is 4.01. The van der Waals surface area contributed by atoms with Gasteiger partial charge in [0.1, 0.15) is 0 Å². The highest BCUT2D eigenvalue weighted by atomic mass is 16.7. The first kappa shape index (κ1) is 15.2. The van der Waals surface area contributed by atoms with Gasteiger partial charge in [-0.25, -0.2) is 4.79 Å². The van der Waals surface area contributed by atoms with E-state index in [1.807, 2.05) is 30.3 Å². The number of ketones is 1. The number of carbonyl (C=O) groups excluding carboxylic acids is 2. The summed E-state index contributed by atoms with van der Waals surface area (Å²) < 4.78 is 15.6. The van der Waals surface area contributed by atoms with Crippen LogP contribution >= 0.6 is 0 Å². The van der Waals surface area contributed by atoms with Crippen LogP contribution in [0.5, 0.6) is 11.5 Å². The quantitative estimate of drug-likeness (QED) is 0.539. The Balaban J connectivity index is 1.44. The van der Waals surface area contributed by atoms with Gasteiger partial charge in [0.15, 0.2) is 23.9 Å². The van der Waals surface area contributed by atoms with Crippen LogP contribution in [0.25, 0.3) is 10.8 Å². The maximum Gasteiger partial charge on any atom is 0.338 e. The molecule has 0 radical (unpaired) electrons. The van der Waals surface area contributed by atoms with E-state index in [0.29, 0.717) is 22.6 Å². The number of rotatable bonds is 4. The lowest BCUT2D eigenvalue weighted by Crippen LogP contribution is -2.14. The first-order valence-electron chi connectivity index (χ1n) is 7.79. The predicted molar refractivity (Wildman–Crippen MR) is 91.1 cm³/mol. The lowest BCUT2D eigenvalue weighted by Gasteiger charge is -2.06. The van der Waals surface area contributed by atoms with E-state index in [0.717, 1.165) is 10.8 Å². The summed E-state index contributed by atoms with van der Waals surface area (Å²) >= 11 is 0. The molecule has 4 rings (SSSR count). The molecule has 3 aromatic carbocycles. The number of benzene rings is 3. The summed E-state index contributed by atoms with van der Waals surface area (Å²) in [5.41, 5.74) is 0.827. The Morgan fingerprint density at radius 3 is 2.48 bits per heavy atom. The third-order valence-corrected chi connectivity index (χ3v) is 4.01. The Kier molecular flexibility index (Phi) is 3.82. The highest BCUT2D eigenvalue weighted by Gasteiger charge is 2.17. The number of ether oxygens (including phenoxy) is 3. The summed E-state index contributed by atoms with van der Waals surface area (Å²) in [6, 6.07) is 17.9. The fourth-order valence-corrected chi connectivity index (χ4v) is 2.68. The average Bonchev–Trinajstić information content (AvgIpc) is 3.13. The Morgan fingerprint density at radius 1 is 0.840 bits per heavy atom. The molecule has 0 bridgehead atoms. The van der Waals surface area contributed by atoms with Crippen molar-refractivity contribution in [2.75, 3.05) is 13.4 Å². The number of esters is 1. The van der Waals surface area contributed by atoms with E-state index >= 15 is 0 Å². The second-order valence-corrected chi connectivity index (χ2v) is 5.63. The van der Waals surface area contributed by atoms with Gasteiger partial charge in [0.05, 0.1) is 5.56 Å². The fourth-order valence-electron chi connectivity index (χ4n) is 2.68. The molecule has 0 aliphatic carbocycles. The zero-order chi connectivity index (χ0) is 17.2. The number of carbonyl (C=O) groups is 2. The molecule has 0 atom stereocenters. The first-order chi connectivity index (χ1) is 12.2. The van der Waals surface area contributed by atoms with Gasteiger partial charge in [-0.15, -0.1) is 0 Å². The van der Waals surface area contributed by atoms with E-state index in [4.69, 9.17) is 14.2 Å². The van der Waals surface area contributed by atoms with Crippen molar-refractivity contribution in [2.45, 2.75) is 0 Å². The van der Waals surface area contributed by atoms with Crippen LogP contribution in [0.3, 0.4) is 0 Å². The number of fused-ring (bicyclic) bond motifs is 2. The van der Waals surface area contributed by atoms with Crippen LogP contribution in [0.2, 0.25) is 0 Å². The number of hydrogen-bond acceptors (Lipinski definition) is 5. The molecular weight excluding hydrogens is 320 g/mol. The summed E-state index contributed by atoms with van der Waals surface area (Å²) in [5, 5.41) is 1.98. The molecule has 1 heterocycles. The van der Waals surface area contributed by atoms with Crippen LogP contribution in [0.1, 0.15) is 20.7 Å². The number of hydrogen-bond donors (Lipinski definition) is 0. The third kappa shape index (κ3) is 3.04. The largest absolute Gasteiger partial charge is 0.454 e. The summed E-state index contributed by atoms with van der Waals surface area (Å²) in [6.07, 6.45) is 0. The van der Waals surface area contributed by atoms with Crippen molar-refractivity contribution in [3.05, 3.63) is 71.8 Å². The topological polar surface area (TPSA) is 61.8 Å². The van der Waals surface area contributed by atoms with Crippen LogP contribution in [0.15, 0.2) is 60.7 Å². The van der Waals surface area contributed by atoms with Crippen molar-refractivity contribution >= 4 is 22.5 Å². The highest BCUT2D eigenvalue weighted by Crippen LogP contribution is 2.32. The van der Waals surface area contributed by atoms with E-state index in [1.165, 1.54) is 0 Å². The standard InChI is InChI=1S/C20H14O5/c21-17(15-7-8-18-19(10-15)25-12-24-18)11-23-20(22)16-6-5-13-3-1-2-4-14(13)9-16/h1-10H,11-12H2. The van der Waals surface area contributed by atoms with E-state index in [1.54, 1.807) is 30.3 Å². The molecule has 1 aliphatic rings. The molecule has 0 spiro atoms. The predicted octanol–water partition coefficient (Wildman–Crippen LogP) is 3.61. The smallest absolute Gasteiger partial charge is 0.338 e. The van der Waals surface area contributed by atoms with Crippen LogP contribution in [0.4, 0.5) is 0 Å². The molecule has 0 aromatic heterocycles. The molecule has 5 nitrogen and oxygen atoms in total. The van der Waals surface area contributed by atoms with Crippen molar-refractivity contribution in [3.63, 3.8) is 0 Å². The second kappa shape index (κ2) is 6.28. The van der Waals surface area contributed by atoms with Gasteiger partial charge in [0.25, 0.3) is 0 Å². The van der Waals surface area contributed by atoms with Crippen molar-refractivity contribution in [1.82, 2.24) is 0 Å². The lowest BCUT2D eigenvalue weighted by atomic mass is 10.1. The van der Waals surface area contributed by atoms with E-state index in [-0.39, 0.29) is 19.2 Å². The SMILES string of the molecule is O=C(COC(=O)c1ccc2ccccc2c1)c1ccc2c(c1)OCO2. The molecule has 124 valence electrons. The van der Waals surface area contributed by atoms with Crippen molar-refractivity contribution < 1.29 is 23.8 Å². The van der Waals surface area contributed by atoms with E-state index in [9.17, 15) is 9.59 Å². The maximum atomic E-state index is 12.2. The normalized spacial score (nSPS) is 12.2. The zero-order valence-electron chi connectivity index (χ0n) is 13.2. The van der Waals surface area contributed by atoms with Gasteiger partial charge in [0.2, 0.25) is 6.79 Å². The van der Waals surface area contributed by atoms with Crippen LogP contribution in [-0.4, -0.2) is 25.2 Å². The minimum atomic E-state index is -0.528. The minimum Gasteiger partial charge on any atom is -0.454 e. The summed E-state index contributed by atoms with van der Waals surface area (Å²) in [5.74, 6) is 0.295. The van der Waals surface area contributed by atoms with Crippen molar-refractivity contribution in [1.29, 1.82) is 0 Å². The van der Waals surface area contributed by atoms with Gasteiger partial charge in [-0.3, -0.25) is 4.79 Å². The van der Waals surface area contributed by atoms with E-state index < -0.39 is 5.97 Å². The molecular formula is C20H14O5. The molecule has 0 unspecified atom stereocenters. The van der Waals surface area contributed by atoms with Crippen LogP contribution in [-0.2, 0) is 4.74 Å². The van der Waals surface area contributed by atoms with Crippen LogP contribution in [0, 0.1) is 0 Å². The van der Waals surface area contributed by atoms with Gasteiger partial charge < -0.3 is 14.2 Å². The molecule has 5 heteroatoms. The van der Waals surface area contributed by atoms with Gasteiger partial charge in [0, 0.05) is 5.56 Å². The van der Waals surface area contributed by atoms with Crippen molar-refractivity contribution in [3.8, 4) is 11.5 Å². The Morgan fingerprint density at radius 2 is 1.60 bits per heavy atom. The maximum absolute atomic E-state index is 12.2. The average molecular weight is 334 g/mol. The van der Waals surface area contributed by atoms with Gasteiger partial charge in [-0.1, -0.05) is 30.3 Å². The molecule has 3 aromatic rings. The monoisotopic (exact) mass is 334 g/mol. The molecule has 1 aliphatic heterocycles. The molecule has 0 saturated heterocycles. The Bertz CT molecular complexity index is 977. The first-order valence-corrected chi connectivity index (χ1v) is 7.79. The molecule has 0 fully saturated rings. The fraction of sp³-hybridized carbons (Fsp3) is 0.100.